The molecular weight excluding hydrogens is 294 g/mol. The van der Waals surface area contributed by atoms with E-state index in [1.165, 1.54) is 0 Å². The predicted octanol–water partition coefficient (Wildman–Crippen LogP) is 2.31. The maximum atomic E-state index is 12.8. The van der Waals surface area contributed by atoms with Crippen LogP contribution in [-0.4, -0.2) is 44.8 Å². The average molecular weight is 319 g/mol. The van der Waals surface area contributed by atoms with Crippen molar-refractivity contribution in [3.05, 3.63) is 17.5 Å². The molecule has 2 aliphatic rings. The van der Waals surface area contributed by atoms with E-state index in [1.54, 1.807) is 4.90 Å². The van der Waals surface area contributed by atoms with Gasteiger partial charge in [0.1, 0.15) is 0 Å². The summed E-state index contributed by atoms with van der Waals surface area (Å²) in [5.74, 6) is -0.972. The zero-order chi connectivity index (χ0) is 16.9. The minimum Gasteiger partial charge on any atom is -0.481 e. The lowest BCUT2D eigenvalue weighted by Crippen LogP contribution is -2.31. The molecule has 23 heavy (non-hydrogen) atoms. The summed E-state index contributed by atoms with van der Waals surface area (Å²) in [6.07, 6.45) is 2.30. The molecule has 1 N–H and O–H groups in total. The smallest absolute Gasteiger partial charge is 0.308 e. The molecule has 1 saturated heterocycles. The lowest BCUT2D eigenvalue weighted by Gasteiger charge is -2.22. The molecule has 1 aromatic heterocycles. The highest BCUT2D eigenvalue weighted by Gasteiger charge is 2.39. The number of aliphatic carboxylic acids is 1. The number of carbonyl (C=O) groups excluding carboxylic acids is 1. The van der Waals surface area contributed by atoms with Gasteiger partial charge in [-0.05, 0) is 45.6 Å². The Morgan fingerprint density at radius 2 is 1.91 bits per heavy atom. The van der Waals surface area contributed by atoms with E-state index in [0.29, 0.717) is 18.2 Å². The molecule has 6 nitrogen and oxygen atoms in total. The molecular formula is C17H25N3O3. The number of hydrogen-bond donors (Lipinski definition) is 1. The highest BCUT2D eigenvalue weighted by atomic mass is 16.4. The first kappa shape index (κ1) is 16.0. The second kappa shape index (κ2) is 5.35. The SMILES string of the molecule is C[C@@H]1CN(C(=O)c2cc(C3CC3)n(C(C)(C)C)n2)C[C@H]1C(=O)O. The van der Waals surface area contributed by atoms with Crippen LogP contribution in [0.3, 0.4) is 0 Å². The van der Waals surface area contributed by atoms with Crippen LogP contribution in [0.2, 0.25) is 0 Å². The number of nitrogens with zero attached hydrogens (tertiary/aromatic N) is 3. The fourth-order valence-corrected chi connectivity index (χ4v) is 3.32. The molecule has 1 saturated carbocycles. The molecule has 0 spiro atoms. The van der Waals surface area contributed by atoms with Gasteiger partial charge >= 0.3 is 5.97 Å². The van der Waals surface area contributed by atoms with Crippen molar-refractivity contribution in [3.63, 3.8) is 0 Å². The second-order valence-corrected chi connectivity index (χ2v) is 7.94. The van der Waals surface area contributed by atoms with E-state index in [-0.39, 0.29) is 23.9 Å². The van der Waals surface area contributed by atoms with Crippen LogP contribution in [0.4, 0.5) is 0 Å². The van der Waals surface area contributed by atoms with Crippen LogP contribution in [0.1, 0.15) is 62.6 Å². The van der Waals surface area contributed by atoms with Crippen LogP contribution < -0.4 is 0 Å². The number of carbonyl (C=O) groups is 2. The Bertz CT molecular complexity index is 640. The summed E-state index contributed by atoms with van der Waals surface area (Å²) in [5, 5.41) is 13.8. The van der Waals surface area contributed by atoms with Crippen molar-refractivity contribution < 1.29 is 14.7 Å². The second-order valence-electron chi connectivity index (χ2n) is 7.94. The van der Waals surface area contributed by atoms with Crippen molar-refractivity contribution in [2.75, 3.05) is 13.1 Å². The number of rotatable bonds is 3. The average Bonchev–Trinajstić information content (AvgIpc) is 3.05. The number of amides is 1. The highest BCUT2D eigenvalue weighted by molar-refractivity contribution is 5.93. The molecule has 0 bridgehead atoms. The van der Waals surface area contributed by atoms with E-state index >= 15 is 0 Å². The summed E-state index contributed by atoms with van der Waals surface area (Å²) in [5.41, 5.74) is 1.40. The molecule has 0 radical (unpaired) electrons. The van der Waals surface area contributed by atoms with Gasteiger partial charge < -0.3 is 10.0 Å². The van der Waals surface area contributed by atoms with Crippen LogP contribution in [0.25, 0.3) is 0 Å². The quantitative estimate of drug-likeness (QED) is 0.927. The Labute approximate surface area is 136 Å². The van der Waals surface area contributed by atoms with Crippen molar-refractivity contribution in [1.29, 1.82) is 0 Å². The standard InChI is InChI=1S/C17H25N3O3/c1-10-8-19(9-12(10)16(22)23)15(21)13-7-14(11-5-6-11)20(18-13)17(2,3)4/h7,10-12H,5-6,8-9H2,1-4H3,(H,22,23)/t10-,12-/m1/s1. The van der Waals surface area contributed by atoms with Crippen LogP contribution in [-0.2, 0) is 10.3 Å². The van der Waals surface area contributed by atoms with Crippen molar-refractivity contribution >= 4 is 11.9 Å². The topological polar surface area (TPSA) is 75.4 Å². The molecule has 2 atom stereocenters. The summed E-state index contributed by atoms with van der Waals surface area (Å²) in [6, 6.07) is 1.91. The third kappa shape index (κ3) is 2.99. The maximum absolute atomic E-state index is 12.8. The van der Waals surface area contributed by atoms with E-state index in [1.807, 2.05) is 17.7 Å². The van der Waals surface area contributed by atoms with Gasteiger partial charge in [0.2, 0.25) is 0 Å². The predicted molar refractivity (Wildman–Crippen MR) is 85.4 cm³/mol. The summed E-state index contributed by atoms with van der Waals surface area (Å²) >= 11 is 0. The van der Waals surface area contributed by atoms with Gasteiger partial charge in [0.05, 0.1) is 11.5 Å². The van der Waals surface area contributed by atoms with Gasteiger partial charge in [0.25, 0.3) is 5.91 Å². The van der Waals surface area contributed by atoms with Crippen LogP contribution in [0, 0.1) is 11.8 Å². The summed E-state index contributed by atoms with van der Waals surface area (Å²) in [7, 11) is 0. The Morgan fingerprint density at radius 3 is 2.39 bits per heavy atom. The molecule has 1 aliphatic heterocycles. The monoisotopic (exact) mass is 319 g/mol. The first-order chi connectivity index (χ1) is 10.7. The van der Waals surface area contributed by atoms with Gasteiger partial charge in [0.15, 0.2) is 5.69 Å². The minimum atomic E-state index is -0.827. The third-order valence-electron chi connectivity index (χ3n) is 4.80. The number of carboxylic acid groups (broad SMARTS) is 1. The van der Waals surface area contributed by atoms with E-state index in [9.17, 15) is 14.7 Å². The Morgan fingerprint density at radius 1 is 1.26 bits per heavy atom. The van der Waals surface area contributed by atoms with Gasteiger partial charge in [-0.3, -0.25) is 14.3 Å². The molecule has 1 amide bonds. The van der Waals surface area contributed by atoms with Crippen molar-refractivity contribution in [1.82, 2.24) is 14.7 Å². The zero-order valence-electron chi connectivity index (χ0n) is 14.2. The fraction of sp³-hybridized carbons (Fsp3) is 0.706. The molecule has 126 valence electrons. The fourth-order valence-electron chi connectivity index (χ4n) is 3.32. The Balaban J connectivity index is 1.85. The normalized spacial score (nSPS) is 25.0. The number of hydrogen-bond acceptors (Lipinski definition) is 3. The van der Waals surface area contributed by atoms with E-state index in [4.69, 9.17) is 0 Å². The van der Waals surface area contributed by atoms with E-state index in [2.05, 4.69) is 25.9 Å². The van der Waals surface area contributed by atoms with Gasteiger partial charge in [-0.1, -0.05) is 6.92 Å². The van der Waals surface area contributed by atoms with Crippen LogP contribution in [0.15, 0.2) is 6.07 Å². The Hall–Kier alpha value is -1.85. The van der Waals surface area contributed by atoms with E-state index in [0.717, 1.165) is 18.5 Å². The third-order valence-corrected chi connectivity index (χ3v) is 4.80. The lowest BCUT2D eigenvalue weighted by molar-refractivity contribution is -0.142. The summed E-state index contributed by atoms with van der Waals surface area (Å²) in [6.45, 7) is 8.89. The van der Waals surface area contributed by atoms with Gasteiger partial charge in [-0.25, -0.2) is 0 Å². The van der Waals surface area contributed by atoms with Crippen molar-refractivity contribution in [2.45, 2.75) is 52.0 Å². The molecule has 0 unspecified atom stereocenters. The zero-order valence-corrected chi connectivity index (χ0v) is 14.2. The molecule has 0 aromatic carbocycles. The molecule has 1 aliphatic carbocycles. The number of likely N-dealkylation sites (tertiary alicyclic amines) is 1. The number of carboxylic acids is 1. The highest BCUT2D eigenvalue weighted by Crippen LogP contribution is 2.42. The van der Waals surface area contributed by atoms with Gasteiger partial charge in [-0.15, -0.1) is 0 Å². The van der Waals surface area contributed by atoms with E-state index < -0.39 is 11.9 Å². The first-order valence-electron chi connectivity index (χ1n) is 8.31. The molecule has 2 heterocycles. The number of aromatic nitrogens is 2. The largest absolute Gasteiger partial charge is 0.481 e. The maximum Gasteiger partial charge on any atom is 0.308 e. The Kier molecular flexibility index (Phi) is 3.73. The molecule has 1 aromatic rings. The summed E-state index contributed by atoms with van der Waals surface area (Å²) in [4.78, 5) is 25.6. The van der Waals surface area contributed by atoms with Crippen LogP contribution in [0.5, 0.6) is 0 Å². The molecule has 3 rings (SSSR count). The summed E-state index contributed by atoms with van der Waals surface area (Å²) < 4.78 is 1.96. The van der Waals surface area contributed by atoms with Gasteiger partial charge in [-0.2, -0.15) is 5.10 Å². The van der Waals surface area contributed by atoms with Crippen molar-refractivity contribution in [2.24, 2.45) is 11.8 Å². The lowest BCUT2D eigenvalue weighted by atomic mass is 9.99. The van der Waals surface area contributed by atoms with Crippen LogP contribution >= 0.6 is 0 Å². The van der Waals surface area contributed by atoms with Gasteiger partial charge in [0, 0.05) is 24.7 Å². The molecule has 2 fully saturated rings. The minimum absolute atomic E-state index is 0.0240. The molecule has 6 heteroatoms. The van der Waals surface area contributed by atoms with Crippen molar-refractivity contribution in [3.8, 4) is 0 Å². The first-order valence-corrected chi connectivity index (χ1v) is 8.31.